The predicted octanol–water partition coefficient (Wildman–Crippen LogP) is 1.29. The van der Waals surface area contributed by atoms with Crippen LogP contribution < -0.4 is 10.1 Å². The molecule has 0 bridgehead atoms. The van der Waals surface area contributed by atoms with Crippen LogP contribution in [0.4, 0.5) is 5.69 Å². The molecule has 0 aliphatic carbocycles. The number of aryl methyl sites for hydroxylation is 1. The van der Waals surface area contributed by atoms with Crippen molar-refractivity contribution in [3.05, 3.63) is 27.9 Å². The molecule has 1 N–H and O–H groups in total. The van der Waals surface area contributed by atoms with Crippen molar-refractivity contribution in [2.75, 3.05) is 19.7 Å². The fourth-order valence-corrected chi connectivity index (χ4v) is 1.18. The fourth-order valence-electron chi connectivity index (χ4n) is 1.18. The molecule has 0 aromatic carbocycles. The van der Waals surface area contributed by atoms with Gasteiger partial charge in [0, 0.05) is 18.8 Å². The Labute approximate surface area is 93.8 Å². The maximum absolute atomic E-state index is 10.7. The Hall–Kier alpha value is -1.69. The lowest BCUT2D eigenvalue weighted by molar-refractivity contribution is -0.386. The molecule has 0 saturated carbocycles. The summed E-state index contributed by atoms with van der Waals surface area (Å²) in [7, 11) is 0. The van der Waals surface area contributed by atoms with Crippen LogP contribution in [0.1, 0.15) is 12.5 Å². The highest BCUT2D eigenvalue weighted by atomic mass is 16.6. The van der Waals surface area contributed by atoms with Gasteiger partial charge in [0.05, 0.1) is 4.92 Å². The second-order valence-corrected chi connectivity index (χ2v) is 3.30. The molecule has 0 atom stereocenters. The minimum absolute atomic E-state index is 0.0773. The van der Waals surface area contributed by atoms with E-state index < -0.39 is 4.92 Å². The maximum Gasteiger partial charge on any atom is 0.331 e. The number of likely N-dealkylation sites (N-methyl/N-ethyl adjacent to an activating group) is 1. The molecule has 0 radical (unpaired) electrons. The van der Waals surface area contributed by atoms with Crippen molar-refractivity contribution in [2.24, 2.45) is 0 Å². The third-order valence-corrected chi connectivity index (χ3v) is 1.93. The molecule has 1 heterocycles. The lowest BCUT2D eigenvalue weighted by Crippen LogP contribution is -2.20. The summed E-state index contributed by atoms with van der Waals surface area (Å²) in [5.74, 6) is 0.0773. The molecular weight excluding hydrogens is 210 g/mol. The van der Waals surface area contributed by atoms with E-state index in [2.05, 4.69) is 10.3 Å². The molecule has 0 spiro atoms. The van der Waals surface area contributed by atoms with E-state index in [9.17, 15) is 10.1 Å². The van der Waals surface area contributed by atoms with E-state index in [1.165, 1.54) is 6.07 Å². The Morgan fingerprint density at radius 1 is 1.62 bits per heavy atom. The van der Waals surface area contributed by atoms with Crippen molar-refractivity contribution in [1.29, 1.82) is 0 Å². The number of nitrogens with one attached hydrogen (secondary N) is 1. The molecule has 0 saturated heterocycles. The van der Waals surface area contributed by atoms with Crippen molar-refractivity contribution in [3.8, 4) is 5.88 Å². The van der Waals surface area contributed by atoms with Gasteiger partial charge in [0.25, 0.3) is 5.88 Å². The lowest BCUT2D eigenvalue weighted by atomic mass is 10.3. The first-order chi connectivity index (χ1) is 7.65. The standard InChI is InChI=1S/C10H15N3O3/c1-3-11-4-5-16-10-9(13(14)15)6-8(2)7-12-10/h6-7,11H,3-5H2,1-2H3. The van der Waals surface area contributed by atoms with Crippen LogP contribution in [0.2, 0.25) is 0 Å². The topological polar surface area (TPSA) is 77.3 Å². The summed E-state index contributed by atoms with van der Waals surface area (Å²) >= 11 is 0. The molecule has 16 heavy (non-hydrogen) atoms. The third kappa shape index (κ3) is 3.47. The van der Waals surface area contributed by atoms with E-state index >= 15 is 0 Å². The minimum atomic E-state index is -0.484. The van der Waals surface area contributed by atoms with Gasteiger partial charge >= 0.3 is 5.69 Å². The molecule has 0 aliphatic heterocycles. The summed E-state index contributed by atoms with van der Waals surface area (Å²) in [5.41, 5.74) is 0.655. The molecule has 0 aliphatic rings. The van der Waals surface area contributed by atoms with Crippen LogP contribution in [0.15, 0.2) is 12.3 Å². The van der Waals surface area contributed by atoms with E-state index in [1.807, 2.05) is 6.92 Å². The van der Waals surface area contributed by atoms with Crippen LogP contribution in [-0.2, 0) is 0 Å². The summed E-state index contributed by atoms with van der Waals surface area (Å²) < 4.78 is 5.24. The monoisotopic (exact) mass is 225 g/mol. The number of ether oxygens (including phenoxy) is 1. The average molecular weight is 225 g/mol. The van der Waals surface area contributed by atoms with Gasteiger partial charge in [0.1, 0.15) is 6.61 Å². The van der Waals surface area contributed by atoms with Crippen LogP contribution in [0.5, 0.6) is 5.88 Å². The molecule has 88 valence electrons. The first kappa shape index (κ1) is 12.4. The van der Waals surface area contributed by atoms with Gasteiger partial charge in [-0.25, -0.2) is 4.98 Å². The number of hydrogen-bond donors (Lipinski definition) is 1. The molecule has 6 heteroatoms. The average Bonchev–Trinajstić information content (AvgIpc) is 2.26. The van der Waals surface area contributed by atoms with Gasteiger partial charge in [-0.15, -0.1) is 0 Å². The van der Waals surface area contributed by atoms with Crippen LogP contribution in [0, 0.1) is 17.0 Å². The number of aromatic nitrogens is 1. The zero-order valence-corrected chi connectivity index (χ0v) is 9.40. The smallest absolute Gasteiger partial charge is 0.331 e. The number of nitrogens with zero attached hydrogens (tertiary/aromatic N) is 2. The fraction of sp³-hybridized carbons (Fsp3) is 0.500. The van der Waals surface area contributed by atoms with Crippen LogP contribution in [-0.4, -0.2) is 29.6 Å². The number of rotatable bonds is 6. The first-order valence-electron chi connectivity index (χ1n) is 5.09. The first-order valence-corrected chi connectivity index (χ1v) is 5.09. The summed E-state index contributed by atoms with van der Waals surface area (Å²) in [6.07, 6.45) is 1.55. The van der Waals surface area contributed by atoms with Crippen molar-refractivity contribution in [1.82, 2.24) is 10.3 Å². The Kier molecular flexibility index (Phi) is 4.65. The highest BCUT2D eigenvalue weighted by Crippen LogP contribution is 2.24. The van der Waals surface area contributed by atoms with Gasteiger partial charge in [-0.05, 0) is 19.0 Å². The summed E-state index contributed by atoms with van der Waals surface area (Å²) in [4.78, 5) is 14.2. The molecule has 0 unspecified atom stereocenters. The zero-order chi connectivity index (χ0) is 12.0. The van der Waals surface area contributed by atoms with E-state index in [0.29, 0.717) is 13.2 Å². The second-order valence-electron chi connectivity index (χ2n) is 3.30. The molecule has 0 fully saturated rings. The van der Waals surface area contributed by atoms with Crippen LogP contribution >= 0.6 is 0 Å². The zero-order valence-electron chi connectivity index (χ0n) is 9.40. The van der Waals surface area contributed by atoms with Crippen molar-refractivity contribution in [3.63, 3.8) is 0 Å². The summed E-state index contributed by atoms with van der Waals surface area (Å²) in [5, 5.41) is 13.8. The quantitative estimate of drug-likeness (QED) is 0.448. The molecule has 1 rings (SSSR count). The highest BCUT2D eigenvalue weighted by molar-refractivity contribution is 5.42. The van der Waals surface area contributed by atoms with E-state index in [1.54, 1.807) is 13.1 Å². The largest absolute Gasteiger partial charge is 0.471 e. The van der Waals surface area contributed by atoms with E-state index in [-0.39, 0.29) is 11.6 Å². The van der Waals surface area contributed by atoms with Gasteiger partial charge in [-0.3, -0.25) is 10.1 Å². The molecule has 6 nitrogen and oxygen atoms in total. The van der Waals surface area contributed by atoms with Crippen LogP contribution in [0.25, 0.3) is 0 Å². The predicted molar refractivity (Wildman–Crippen MR) is 59.7 cm³/mol. The lowest BCUT2D eigenvalue weighted by Gasteiger charge is -2.06. The number of hydrogen-bond acceptors (Lipinski definition) is 5. The van der Waals surface area contributed by atoms with E-state index in [4.69, 9.17) is 4.74 Å². The number of nitro groups is 1. The Bertz CT molecular complexity index is 368. The van der Waals surface area contributed by atoms with Gasteiger partial charge in [0.2, 0.25) is 0 Å². The normalized spacial score (nSPS) is 10.1. The van der Waals surface area contributed by atoms with Gasteiger partial charge in [-0.2, -0.15) is 0 Å². The molecule has 0 amide bonds. The molecular formula is C10H15N3O3. The third-order valence-electron chi connectivity index (χ3n) is 1.93. The molecule has 1 aromatic heterocycles. The van der Waals surface area contributed by atoms with Crippen LogP contribution in [0.3, 0.4) is 0 Å². The highest BCUT2D eigenvalue weighted by Gasteiger charge is 2.16. The van der Waals surface area contributed by atoms with Gasteiger partial charge in [0.15, 0.2) is 0 Å². The van der Waals surface area contributed by atoms with Crippen molar-refractivity contribution >= 4 is 5.69 Å². The second kappa shape index (κ2) is 6.02. The van der Waals surface area contributed by atoms with Crippen molar-refractivity contribution < 1.29 is 9.66 Å². The van der Waals surface area contributed by atoms with Gasteiger partial charge in [-0.1, -0.05) is 6.92 Å². The summed E-state index contributed by atoms with van der Waals surface area (Å²) in [6.45, 7) is 5.58. The number of pyridine rings is 1. The Balaban J connectivity index is 2.67. The Morgan fingerprint density at radius 2 is 2.38 bits per heavy atom. The maximum atomic E-state index is 10.7. The van der Waals surface area contributed by atoms with Crippen molar-refractivity contribution in [2.45, 2.75) is 13.8 Å². The minimum Gasteiger partial charge on any atom is -0.471 e. The summed E-state index contributed by atoms with van der Waals surface area (Å²) in [6, 6.07) is 1.45. The van der Waals surface area contributed by atoms with Gasteiger partial charge < -0.3 is 10.1 Å². The van der Waals surface area contributed by atoms with E-state index in [0.717, 1.165) is 12.1 Å². The Morgan fingerprint density at radius 3 is 3.00 bits per heavy atom. The SMILES string of the molecule is CCNCCOc1ncc(C)cc1[N+](=O)[O-]. The molecule has 1 aromatic rings.